The summed E-state index contributed by atoms with van der Waals surface area (Å²) in [7, 11) is 0. The first-order valence-corrected chi connectivity index (χ1v) is 7.92. The van der Waals surface area contributed by atoms with Crippen LogP contribution in [0.3, 0.4) is 0 Å². The molecule has 0 saturated heterocycles. The molecule has 3 nitrogen and oxygen atoms in total. The van der Waals surface area contributed by atoms with Gasteiger partial charge in [0.1, 0.15) is 0 Å². The number of aliphatic hydroxyl groups is 1. The van der Waals surface area contributed by atoms with E-state index in [1.165, 1.54) is 0 Å². The summed E-state index contributed by atoms with van der Waals surface area (Å²) in [6, 6.07) is 11.5. The van der Waals surface area contributed by atoms with Gasteiger partial charge in [0, 0.05) is 16.2 Å². The van der Waals surface area contributed by atoms with Gasteiger partial charge in [0.15, 0.2) is 11.5 Å². The summed E-state index contributed by atoms with van der Waals surface area (Å²) >= 11 is 7.80. The minimum Gasteiger partial charge on any atom is -0.490 e. The van der Waals surface area contributed by atoms with Crippen LogP contribution < -0.4 is 9.47 Å². The maximum atomic E-state index is 9.11. The van der Waals surface area contributed by atoms with Crippen molar-refractivity contribution in [3.63, 3.8) is 0 Å². The Bertz CT molecular complexity index is 645. The van der Waals surface area contributed by atoms with Crippen molar-refractivity contribution in [2.75, 3.05) is 13.2 Å². The SMILES string of the molecule is OCc1ccc(Sc2ccc3c(c2)OCCCO3)c(Cl)c1. The number of halogens is 1. The normalized spacial score (nSPS) is 13.8. The van der Waals surface area contributed by atoms with Gasteiger partial charge in [-0.05, 0) is 35.9 Å². The molecule has 0 saturated carbocycles. The van der Waals surface area contributed by atoms with Gasteiger partial charge in [0.25, 0.3) is 0 Å². The molecule has 0 amide bonds. The van der Waals surface area contributed by atoms with E-state index in [2.05, 4.69) is 0 Å². The van der Waals surface area contributed by atoms with Crippen LogP contribution in [0.2, 0.25) is 5.02 Å². The fourth-order valence-corrected chi connectivity index (χ4v) is 3.23. The van der Waals surface area contributed by atoms with Gasteiger partial charge >= 0.3 is 0 Å². The lowest BCUT2D eigenvalue weighted by molar-refractivity contribution is 0.282. The van der Waals surface area contributed by atoms with E-state index >= 15 is 0 Å². The molecule has 0 atom stereocenters. The molecule has 1 N–H and O–H groups in total. The zero-order chi connectivity index (χ0) is 14.7. The minimum atomic E-state index is -0.00527. The minimum absolute atomic E-state index is 0.00527. The number of ether oxygens (including phenoxy) is 2. The average Bonchev–Trinajstić information content (AvgIpc) is 2.74. The van der Waals surface area contributed by atoms with Crippen LogP contribution in [0, 0.1) is 0 Å². The Morgan fingerprint density at radius 3 is 2.62 bits per heavy atom. The summed E-state index contributed by atoms with van der Waals surface area (Å²) in [6.45, 7) is 1.36. The van der Waals surface area contributed by atoms with E-state index in [9.17, 15) is 0 Å². The van der Waals surface area contributed by atoms with Crippen molar-refractivity contribution in [2.24, 2.45) is 0 Å². The van der Waals surface area contributed by atoms with E-state index in [1.54, 1.807) is 17.8 Å². The van der Waals surface area contributed by atoms with Crippen molar-refractivity contribution in [3.8, 4) is 11.5 Å². The number of rotatable bonds is 3. The maximum absolute atomic E-state index is 9.11. The molecule has 0 aromatic heterocycles. The van der Waals surface area contributed by atoms with Crippen LogP contribution in [0.15, 0.2) is 46.2 Å². The molecule has 1 aliphatic rings. The zero-order valence-corrected chi connectivity index (χ0v) is 12.9. The molecule has 0 aliphatic carbocycles. The van der Waals surface area contributed by atoms with Gasteiger partial charge in [-0.15, -0.1) is 0 Å². The van der Waals surface area contributed by atoms with Gasteiger partial charge in [-0.25, -0.2) is 0 Å². The fourth-order valence-electron chi connectivity index (χ4n) is 2.06. The molecule has 2 aromatic rings. The molecule has 0 unspecified atom stereocenters. The summed E-state index contributed by atoms with van der Waals surface area (Å²) in [5, 5.41) is 9.74. The lowest BCUT2D eigenvalue weighted by atomic mass is 10.2. The Hall–Kier alpha value is -1.36. The van der Waals surface area contributed by atoms with Crippen molar-refractivity contribution < 1.29 is 14.6 Å². The van der Waals surface area contributed by atoms with Crippen molar-refractivity contribution in [2.45, 2.75) is 22.8 Å². The van der Waals surface area contributed by atoms with E-state index < -0.39 is 0 Å². The smallest absolute Gasteiger partial charge is 0.162 e. The van der Waals surface area contributed by atoms with E-state index in [0.29, 0.717) is 18.2 Å². The van der Waals surface area contributed by atoms with E-state index in [-0.39, 0.29) is 6.61 Å². The van der Waals surface area contributed by atoms with Crippen LogP contribution in [0.5, 0.6) is 11.5 Å². The van der Waals surface area contributed by atoms with Crippen molar-refractivity contribution in [3.05, 3.63) is 47.0 Å². The van der Waals surface area contributed by atoms with Gasteiger partial charge in [-0.1, -0.05) is 29.4 Å². The highest BCUT2D eigenvalue weighted by atomic mass is 35.5. The zero-order valence-electron chi connectivity index (χ0n) is 11.3. The van der Waals surface area contributed by atoms with E-state index in [0.717, 1.165) is 33.3 Å². The Labute approximate surface area is 132 Å². The monoisotopic (exact) mass is 322 g/mol. The largest absolute Gasteiger partial charge is 0.490 e. The first-order valence-electron chi connectivity index (χ1n) is 6.73. The Balaban J connectivity index is 1.83. The Kier molecular flexibility index (Phi) is 4.58. The first kappa shape index (κ1) is 14.6. The molecular weight excluding hydrogens is 308 g/mol. The van der Waals surface area contributed by atoms with Crippen LogP contribution in [0.4, 0.5) is 0 Å². The summed E-state index contributed by atoms with van der Waals surface area (Å²) in [4.78, 5) is 1.99. The molecule has 1 aliphatic heterocycles. The molecule has 1 heterocycles. The van der Waals surface area contributed by atoms with Crippen LogP contribution in [-0.4, -0.2) is 18.3 Å². The second-order valence-electron chi connectivity index (χ2n) is 4.68. The first-order chi connectivity index (χ1) is 10.3. The van der Waals surface area contributed by atoms with Crippen molar-refractivity contribution in [1.82, 2.24) is 0 Å². The van der Waals surface area contributed by atoms with E-state index in [4.69, 9.17) is 26.2 Å². The second-order valence-corrected chi connectivity index (χ2v) is 6.21. The highest BCUT2D eigenvalue weighted by Crippen LogP contribution is 2.39. The molecule has 2 aromatic carbocycles. The van der Waals surface area contributed by atoms with Gasteiger partial charge in [-0.3, -0.25) is 0 Å². The molecular formula is C16H15ClO3S. The molecule has 0 radical (unpaired) electrons. The Morgan fingerprint density at radius 2 is 1.86 bits per heavy atom. The molecule has 0 bridgehead atoms. The van der Waals surface area contributed by atoms with Crippen LogP contribution in [0.1, 0.15) is 12.0 Å². The molecule has 0 spiro atoms. The fraction of sp³-hybridized carbons (Fsp3) is 0.250. The summed E-state index contributed by atoms with van der Waals surface area (Å²) in [6.07, 6.45) is 0.894. The number of benzene rings is 2. The van der Waals surface area contributed by atoms with E-state index in [1.807, 2.05) is 30.3 Å². The van der Waals surface area contributed by atoms with Crippen LogP contribution >= 0.6 is 23.4 Å². The van der Waals surface area contributed by atoms with Gasteiger partial charge in [0.05, 0.1) is 24.8 Å². The molecule has 110 valence electrons. The summed E-state index contributed by atoms with van der Waals surface area (Å²) in [5.41, 5.74) is 0.808. The summed E-state index contributed by atoms with van der Waals surface area (Å²) in [5.74, 6) is 1.57. The maximum Gasteiger partial charge on any atom is 0.162 e. The lowest BCUT2D eigenvalue weighted by Gasteiger charge is -2.10. The number of hydrogen-bond acceptors (Lipinski definition) is 4. The predicted octanol–water partition coefficient (Wildman–Crippen LogP) is 4.14. The number of aliphatic hydroxyl groups excluding tert-OH is 1. The summed E-state index contributed by atoms with van der Waals surface area (Å²) < 4.78 is 11.3. The molecule has 21 heavy (non-hydrogen) atoms. The quantitative estimate of drug-likeness (QED) is 0.921. The third-order valence-electron chi connectivity index (χ3n) is 3.13. The standard InChI is InChI=1S/C16H15ClO3S/c17-13-8-11(10-18)2-5-16(13)21-12-3-4-14-15(9-12)20-7-1-6-19-14/h2-5,8-9,18H,1,6-7,10H2. The molecule has 5 heteroatoms. The third-order valence-corrected chi connectivity index (χ3v) is 4.62. The number of fused-ring (bicyclic) bond motifs is 1. The average molecular weight is 323 g/mol. The third kappa shape index (κ3) is 3.46. The predicted molar refractivity (Wildman–Crippen MR) is 83.5 cm³/mol. The Morgan fingerprint density at radius 1 is 1.05 bits per heavy atom. The molecule has 0 fully saturated rings. The van der Waals surface area contributed by atoms with Crippen molar-refractivity contribution >= 4 is 23.4 Å². The molecule has 3 rings (SSSR count). The number of hydrogen-bond donors (Lipinski definition) is 1. The van der Waals surface area contributed by atoms with Crippen LogP contribution in [-0.2, 0) is 6.61 Å². The van der Waals surface area contributed by atoms with Gasteiger partial charge < -0.3 is 14.6 Å². The van der Waals surface area contributed by atoms with Crippen LogP contribution in [0.25, 0.3) is 0 Å². The highest BCUT2D eigenvalue weighted by molar-refractivity contribution is 7.99. The topological polar surface area (TPSA) is 38.7 Å². The van der Waals surface area contributed by atoms with Gasteiger partial charge in [-0.2, -0.15) is 0 Å². The second kappa shape index (κ2) is 6.60. The highest BCUT2D eigenvalue weighted by Gasteiger charge is 2.12. The van der Waals surface area contributed by atoms with Crippen molar-refractivity contribution in [1.29, 1.82) is 0 Å². The lowest BCUT2D eigenvalue weighted by Crippen LogP contribution is -1.97. The van der Waals surface area contributed by atoms with Gasteiger partial charge in [0.2, 0.25) is 0 Å².